The number of fused-ring (bicyclic) bond motifs is 2. The summed E-state index contributed by atoms with van der Waals surface area (Å²) < 4.78 is 0. The van der Waals surface area contributed by atoms with E-state index in [-0.39, 0.29) is 11.8 Å². The number of hydrogen-bond acceptors (Lipinski definition) is 4. The van der Waals surface area contributed by atoms with E-state index in [1.54, 1.807) is 36.5 Å². The zero-order valence-electron chi connectivity index (χ0n) is 16.0. The molecule has 3 heterocycles. The van der Waals surface area contributed by atoms with E-state index in [0.29, 0.717) is 33.1 Å². The lowest BCUT2D eigenvalue weighted by molar-refractivity contribution is 0.0595. The summed E-state index contributed by atoms with van der Waals surface area (Å²) in [6.07, 6.45) is 1.69. The van der Waals surface area contributed by atoms with Gasteiger partial charge in [0.05, 0.1) is 34.1 Å². The van der Waals surface area contributed by atoms with Crippen LogP contribution in [-0.2, 0) is 0 Å². The van der Waals surface area contributed by atoms with Gasteiger partial charge >= 0.3 is 0 Å². The van der Waals surface area contributed by atoms with E-state index >= 15 is 0 Å². The van der Waals surface area contributed by atoms with Crippen molar-refractivity contribution in [3.63, 3.8) is 0 Å². The smallest absolute Gasteiger partial charge is 0.262 e. The fraction of sp³-hybridized carbons (Fsp3) is 0.0833. The molecular weight excluding hydrogens is 398 g/mol. The number of carbonyl (C=O) groups is 2. The molecule has 30 heavy (non-hydrogen) atoms. The molecule has 5 nitrogen and oxygen atoms in total. The average molecular weight is 414 g/mol. The Morgan fingerprint density at radius 2 is 1.60 bits per heavy atom. The van der Waals surface area contributed by atoms with Gasteiger partial charge in [-0.3, -0.25) is 19.5 Å². The van der Waals surface area contributed by atoms with Crippen LogP contribution in [0, 0.1) is 0 Å². The van der Waals surface area contributed by atoms with Crippen molar-refractivity contribution in [3.05, 3.63) is 94.6 Å². The highest BCUT2D eigenvalue weighted by molar-refractivity contribution is 6.35. The number of imide groups is 1. The number of halogens is 1. The standard InChI is InChI=1S/C24H16ClN3O2/c1-14(28-23(29)15-7-2-3-8-16(15)24(28)30)17-13-18-19(25)9-6-11-20(18)27-22(17)21-10-4-5-12-26-21/h2-14H,1H3. The second-order valence-electron chi connectivity index (χ2n) is 7.15. The molecule has 1 unspecified atom stereocenters. The van der Waals surface area contributed by atoms with Gasteiger partial charge in [-0.05, 0) is 49.4 Å². The number of pyridine rings is 2. The van der Waals surface area contributed by atoms with Crippen molar-refractivity contribution in [3.8, 4) is 11.4 Å². The van der Waals surface area contributed by atoms with Crippen LogP contribution in [0.1, 0.15) is 39.2 Å². The van der Waals surface area contributed by atoms with Gasteiger partial charge in [-0.25, -0.2) is 4.98 Å². The molecule has 1 aliphatic heterocycles. The number of rotatable bonds is 3. The highest BCUT2D eigenvalue weighted by Gasteiger charge is 2.39. The molecule has 2 aromatic carbocycles. The Morgan fingerprint density at radius 1 is 0.900 bits per heavy atom. The van der Waals surface area contributed by atoms with Crippen LogP contribution >= 0.6 is 11.6 Å². The first-order valence-electron chi connectivity index (χ1n) is 9.54. The Kier molecular flexibility index (Phi) is 4.33. The number of hydrogen-bond donors (Lipinski definition) is 0. The van der Waals surface area contributed by atoms with Crippen molar-refractivity contribution in [2.24, 2.45) is 0 Å². The van der Waals surface area contributed by atoms with E-state index in [1.807, 2.05) is 43.3 Å². The molecule has 0 fully saturated rings. The molecule has 0 bridgehead atoms. The minimum absolute atomic E-state index is 0.311. The topological polar surface area (TPSA) is 63.2 Å². The fourth-order valence-corrected chi connectivity index (χ4v) is 4.12. The molecule has 0 radical (unpaired) electrons. The third-order valence-corrected chi connectivity index (χ3v) is 5.74. The molecule has 2 aromatic heterocycles. The SMILES string of the molecule is CC(c1cc2c(Cl)cccc2nc1-c1ccccn1)N1C(=O)c2ccccc2C1=O. The molecule has 0 saturated carbocycles. The summed E-state index contributed by atoms with van der Waals surface area (Å²) in [4.78, 5) is 36.6. The number of nitrogens with zero attached hydrogens (tertiary/aromatic N) is 3. The van der Waals surface area contributed by atoms with Crippen molar-refractivity contribution in [2.45, 2.75) is 13.0 Å². The van der Waals surface area contributed by atoms with Crippen LogP contribution in [0.2, 0.25) is 5.02 Å². The summed E-state index contributed by atoms with van der Waals surface area (Å²) in [5, 5.41) is 1.32. The van der Waals surface area contributed by atoms with Gasteiger partial charge in [0.1, 0.15) is 0 Å². The molecule has 5 rings (SSSR count). The second-order valence-corrected chi connectivity index (χ2v) is 7.56. The Morgan fingerprint density at radius 3 is 2.27 bits per heavy atom. The fourth-order valence-electron chi connectivity index (χ4n) is 3.90. The van der Waals surface area contributed by atoms with E-state index in [4.69, 9.17) is 16.6 Å². The predicted molar refractivity (Wildman–Crippen MR) is 115 cm³/mol. The van der Waals surface area contributed by atoms with E-state index in [9.17, 15) is 9.59 Å². The zero-order valence-corrected chi connectivity index (χ0v) is 16.8. The lowest BCUT2D eigenvalue weighted by Crippen LogP contribution is -2.33. The Hall–Kier alpha value is -3.57. The molecule has 1 atom stereocenters. The summed E-state index contributed by atoms with van der Waals surface area (Å²) in [5.74, 6) is -0.622. The van der Waals surface area contributed by atoms with Crippen LogP contribution in [0.4, 0.5) is 0 Å². The van der Waals surface area contributed by atoms with Gasteiger partial charge in [-0.15, -0.1) is 0 Å². The largest absolute Gasteiger partial charge is 0.269 e. The van der Waals surface area contributed by atoms with Crippen LogP contribution in [-0.4, -0.2) is 26.7 Å². The lowest BCUT2D eigenvalue weighted by atomic mass is 10.00. The van der Waals surface area contributed by atoms with Gasteiger partial charge in [0.25, 0.3) is 11.8 Å². The normalized spacial score (nSPS) is 14.3. The molecule has 4 aromatic rings. The van der Waals surface area contributed by atoms with Gasteiger partial charge in [0.15, 0.2) is 0 Å². The van der Waals surface area contributed by atoms with Crippen molar-refractivity contribution >= 4 is 34.3 Å². The van der Waals surface area contributed by atoms with Crippen molar-refractivity contribution in [1.82, 2.24) is 14.9 Å². The molecule has 2 amide bonds. The molecular formula is C24H16ClN3O2. The summed E-state index contributed by atoms with van der Waals surface area (Å²) in [6, 6.07) is 19.3. The van der Waals surface area contributed by atoms with Crippen LogP contribution in [0.5, 0.6) is 0 Å². The quantitative estimate of drug-likeness (QED) is 0.427. The zero-order chi connectivity index (χ0) is 20.8. The van der Waals surface area contributed by atoms with Gasteiger partial charge < -0.3 is 0 Å². The highest BCUT2D eigenvalue weighted by Crippen LogP contribution is 2.37. The molecule has 0 saturated heterocycles. The summed E-state index contributed by atoms with van der Waals surface area (Å²) in [7, 11) is 0. The van der Waals surface area contributed by atoms with E-state index in [0.717, 1.165) is 10.9 Å². The van der Waals surface area contributed by atoms with E-state index in [2.05, 4.69) is 4.98 Å². The predicted octanol–water partition coefficient (Wildman–Crippen LogP) is 5.31. The Labute approximate surface area is 178 Å². The van der Waals surface area contributed by atoms with Crippen molar-refractivity contribution < 1.29 is 9.59 Å². The number of amides is 2. The van der Waals surface area contributed by atoms with Crippen LogP contribution < -0.4 is 0 Å². The van der Waals surface area contributed by atoms with Gasteiger partial charge in [0.2, 0.25) is 0 Å². The van der Waals surface area contributed by atoms with Crippen LogP contribution in [0.3, 0.4) is 0 Å². The van der Waals surface area contributed by atoms with E-state index in [1.165, 1.54) is 4.90 Å². The molecule has 1 aliphatic rings. The highest BCUT2D eigenvalue weighted by atomic mass is 35.5. The molecule has 6 heteroatoms. The average Bonchev–Trinajstić information content (AvgIpc) is 3.04. The van der Waals surface area contributed by atoms with Crippen LogP contribution in [0.15, 0.2) is 72.9 Å². The molecule has 0 spiro atoms. The molecule has 146 valence electrons. The number of benzene rings is 2. The maximum atomic E-state index is 13.0. The first-order valence-corrected chi connectivity index (χ1v) is 9.91. The first-order chi connectivity index (χ1) is 14.6. The summed E-state index contributed by atoms with van der Waals surface area (Å²) in [6.45, 7) is 1.83. The first kappa shape index (κ1) is 18.5. The van der Waals surface area contributed by atoms with Gasteiger partial charge in [0, 0.05) is 22.2 Å². The molecule has 0 aliphatic carbocycles. The maximum Gasteiger partial charge on any atom is 0.262 e. The van der Waals surface area contributed by atoms with Crippen molar-refractivity contribution in [2.75, 3.05) is 0 Å². The molecule has 0 N–H and O–H groups in total. The number of aromatic nitrogens is 2. The van der Waals surface area contributed by atoms with Gasteiger partial charge in [-0.2, -0.15) is 0 Å². The second kappa shape index (κ2) is 7.04. The number of carbonyl (C=O) groups excluding carboxylic acids is 2. The lowest BCUT2D eigenvalue weighted by Gasteiger charge is -2.25. The van der Waals surface area contributed by atoms with Gasteiger partial charge in [-0.1, -0.05) is 35.9 Å². The van der Waals surface area contributed by atoms with Crippen LogP contribution in [0.25, 0.3) is 22.3 Å². The third-order valence-electron chi connectivity index (χ3n) is 5.41. The van der Waals surface area contributed by atoms with E-state index < -0.39 is 6.04 Å². The maximum absolute atomic E-state index is 13.0. The summed E-state index contributed by atoms with van der Waals surface area (Å²) >= 11 is 6.42. The minimum atomic E-state index is -0.553. The Balaban J connectivity index is 1.71. The Bertz CT molecular complexity index is 1290. The summed E-state index contributed by atoms with van der Waals surface area (Å²) in [5.41, 5.74) is 3.55. The monoisotopic (exact) mass is 413 g/mol. The minimum Gasteiger partial charge on any atom is -0.269 e. The van der Waals surface area contributed by atoms with Crippen molar-refractivity contribution in [1.29, 1.82) is 0 Å². The third kappa shape index (κ3) is 2.78.